The second kappa shape index (κ2) is 42.6. The lowest BCUT2D eigenvalue weighted by Gasteiger charge is -2.39. The van der Waals surface area contributed by atoms with Crippen molar-refractivity contribution in [1.82, 2.24) is 68.3 Å². The van der Waals surface area contributed by atoms with Crippen molar-refractivity contribution in [3.8, 4) is 0 Å². The van der Waals surface area contributed by atoms with Crippen molar-refractivity contribution in [3.63, 3.8) is 0 Å². The van der Waals surface area contributed by atoms with E-state index in [1.165, 1.54) is 46.0 Å². The highest BCUT2D eigenvalue weighted by molar-refractivity contribution is 6.01. The summed E-state index contributed by atoms with van der Waals surface area (Å²) in [6.07, 6.45) is 8.82. The summed E-state index contributed by atoms with van der Waals surface area (Å²) in [4.78, 5) is 233. The zero-order valence-electron chi connectivity index (χ0n) is 56.8. The number of nitrogens with two attached hydrogens (primary N) is 1. The van der Waals surface area contributed by atoms with E-state index in [0.29, 0.717) is 12.8 Å². The highest BCUT2D eigenvalue weighted by Crippen LogP contribution is 2.24. The van der Waals surface area contributed by atoms with Gasteiger partial charge in [0.15, 0.2) is 0 Å². The number of rotatable bonds is 29. The van der Waals surface area contributed by atoms with Crippen LogP contribution >= 0.6 is 0 Å². The summed E-state index contributed by atoms with van der Waals surface area (Å²) in [7, 11) is 0. The van der Waals surface area contributed by atoms with Crippen LogP contribution in [0, 0.1) is 11.8 Å². The second-order valence-electron chi connectivity index (χ2n) is 25.5. The lowest BCUT2D eigenvalue weighted by molar-refractivity contribution is -0.150. The first-order chi connectivity index (χ1) is 46.3. The molecule has 0 aromatic rings. The summed E-state index contributed by atoms with van der Waals surface area (Å²) < 4.78 is 0. The van der Waals surface area contributed by atoms with Crippen LogP contribution in [0.5, 0.6) is 0 Å². The number of fused-ring (bicyclic) bond motifs is 2. The van der Waals surface area contributed by atoms with E-state index in [4.69, 9.17) is 5.73 Å². The van der Waals surface area contributed by atoms with Crippen LogP contribution in [0.1, 0.15) is 183 Å². The van der Waals surface area contributed by atoms with Gasteiger partial charge in [-0.2, -0.15) is 0 Å². The van der Waals surface area contributed by atoms with E-state index in [1.54, 1.807) is 13.8 Å². The molecule has 3 rings (SSSR count). The number of carboxylic acids is 4. The van der Waals surface area contributed by atoms with Crippen LogP contribution in [0.2, 0.25) is 0 Å². The molecule has 0 bridgehead atoms. The van der Waals surface area contributed by atoms with Crippen molar-refractivity contribution in [1.29, 1.82) is 0 Å². The van der Waals surface area contributed by atoms with Crippen molar-refractivity contribution in [2.75, 3.05) is 32.7 Å². The third-order valence-corrected chi connectivity index (χ3v) is 17.1. The van der Waals surface area contributed by atoms with Crippen LogP contribution < -0.4 is 64.2 Å². The molecule has 3 heterocycles. The summed E-state index contributed by atoms with van der Waals surface area (Å²) in [5.41, 5.74) is 5.56. The summed E-state index contributed by atoms with van der Waals surface area (Å²) in [5.74, 6) is -23.5. The number of aliphatic carboxylic acids is 4. The summed E-state index contributed by atoms with van der Waals surface area (Å²) in [6.45, 7) is 6.19. The largest absolute Gasteiger partial charge is 0.481 e. The number of carboxylic acid groups (broad SMARTS) is 4. The molecule has 3 fully saturated rings. The molecular weight excluding hydrogens is 1290 g/mol. The van der Waals surface area contributed by atoms with Gasteiger partial charge in [-0.1, -0.05) is 91.4 Å². The van der Waals surface area contributed by atoms with Crippen molar-refractivity contribution in [2.45, 2.75) is 249 Å². The molecule has 17 N–H and O–H groups in total. The molecule has 3 saturated heterocycles. The topological polar surface area (TPSA) is 536 Å². The zero-order chi connectivity index (χ0) is 73.3. The molecule has 3 aliphatic rings. The molecule has 35 nitrogen and oxygen atoms in total. The zero-order valence-corrected chi connectivity index (χ0v) is 56.8. The minimum atomic E-state index is -2.16. The number of hydrogen-bond donors (Lipinski definition) is 16. The first-order valence-corrected chi connectivity index (χ1v) is 33.8. The van der Waals surface area contributed by atoms with Crippen LogP contribution in [-0.2, 0) is 81.5 Å². The Morgan fingerprint density at radius 3 is 1.53 bits per heavy atom. The Labute approximate surface area is 568 Å². The van der Waals surface area contributed by atoms with Crippen molar-refractivity contribution in [2.24, 2.45) is 17.6 Å². The Morgan fingerprint density at radius 1 is 0.520 bits per heavy atom. The van der Waals surface area contributed by atoms with Gasteiger partial charge >= 0.3 is 23.9 Å². The standard InChI is InChI=1S/C63H102N14O21/c1-7-8-9-10-11-12-13-14-15-16-17-18-24-43(78)69-40(31-49(86)87)56(90)75-53-37(6)68-57(91)42-23-21-28-77(42)61(95)50(34(2)3)73-60(94)52(36(5)67-44(79)25-26-64)72-46(81)33-66-54(88)38(29-47(82)83)70-45(80)32-65-55(89)39(30-48(84)85)71-59(93)51(35(4)63(97)98)74-58(92)41-22-19-20-27-76(41)62(53)96/h34-42,50-53H,7-33,64H2,1-6H3,(H,65,89)(H,66,88)(H,67,79)(H,68,91)(H,69,78)(H,70,80)(H,71,93)(H,72,81)(H,73,94)(H,74,92)(H,75,90)(H,82,83)(H,84,85)(H,86,87)(H,97,98). The average molecular weight is 1390 g/mol. The van der Waals surface area contributed by atoms with Crippen LogP contribution in [0.15, 0.2) is 0 Å². The lowest BCUT2D eigenvalue weighted by atomic mass is 9.96. The van der Waals surface area contributed by atoms with Gasteiger partial charge in [0.05, 0.1) is 50.4 Å². The number of nitrogens with zero attached hydrogens (tertiary/aromatic N) is 2. The number of hydrogen-bond acceptors (Lipinski definition) is 18. The summed E-state index contributed by atoms with van der Waals surface area (Å²) in [5, 5.41) is 65.2. The molecule has 0 aromatic carbocycles. The Balaban J connectivity index is 2.17. The van der Waals surface area contributed by atoms with Gasteiger partial charge in [0.25, 0.3) is 0 Å². The molecule has 98 heavy (non-hydrogen) atoms. The van der Waals surface area contributed by atoms with Crippen LogP contribution in [0.25, 0.3) is 0 Å². The van der Waals surface area contributed by atoms with E-state index in [2.05, 4.69) is 54.8 Å². The van der Waals surface area contributed by atoms with Gasteiger partial charge in [-0.15, -0.1) is 0 Å². The molecular formula is C63H102N14O21. The SMILES string of the molecule is CCCCCCCCCCCCCCC(=O)NC(CC(=O)O)C(=O)NC1C(=O)N2CCCCC2C(=O)NC(C(C)C(=O)O)C(=O)NC(CC(=O)O)C(=O)NCC(=O)NC(CC(=O)O)C(=O)NCC(=O)NC(C(C)NC(=O)CCN)C(=O)NC(C(C)C)C(=O)N2CCCC2C(=O)NC1C. The normalized spacial score (nSPS) is 24.1. The Morgan fingerprint density at radius 2 is 1.00 bits per heavy atom. The fourth-order valence-corrected chi connectivity index (χ4v) is 11.6. The van der Waals surface area contributed by atoms with Gasteiger partial charge in [0.1, 0.15) is 54.4 Å². The third kappa shape index (κ3) is 28.2. The fourth-order valence-electron chi connectivity index (χ4n) is 11.6. The van der Waals surface area contributed by atoms with E-state index >= 15 is 4.79 Å². The first-order valence-electron chi connectivity index (χ1n) is 33.8. The van der Waals surface area contributed by atoms with Gasteiger partial charge in [-0.25, -0.2) is 0 Å². The monoisotopic (exact) mass is 1390 g/mol. The molecule has 0 saturated carbocycles. The van der Waals surface area contributed by atoms with Gasteiger partial charge in [-0.3, -0.25) is 81.5 Å². The third-order valence-electron chi connectivity index (χ3n) is 17.1. The predicted molar refractivity (Wildman–Crippen MR) is 347 cm³/mol. The van der Waals surface area contributed by atoms with Crippen molar-refractivity contribution < 1.29 is 102 Å². The maximum atomic E-state index is 15.3. The Kier molecular flexibility index (Phi) is 36.1. The number of carbonyl (C=O) groups excluding carboxylic acids is 13. The van der Waals surface area contributed by atoms with Crippen molar-refractivity contribution >= 4 is 101 Å². The summed E-state index contributed by atoms with van der Waals surface area (Å²) >= 11 is 0. The molecule has 0 radical (unpaired) electrons. The fraction of sp³-hybridized carbons (Fsp3) is 0.730. The van der Waals surface area contributed by atoms with E-state index in [1.807, 2.05) is 10.6 Å². The van der Waals surface area contributed by atoms with Gasteiger partial charge < -0.3 is 94.4 Å². The molecule has 13 amide bonds. The number of piperidine rings is 1. The number of unbranched alkanes of at least 4 members (excludes halogenated alkanes) is 11. The highest BCUT2D eigenvalue weighted by atomic mass is 16.4. The van der Waals surface area contributed by atoms with Crippen LogP contribution in [-0.4, -0.2) is 230 Å². The number of nitrogens with one attached hydrogen (secondary N) is 11. The minimum Gasteiger partial charge on any atom is -0.481 e. The van der Waals surface area contributed by atoms with E-state index < -0.39 is 211 Å². The van der Waals surface area contributed by atoms with Crippen molar-refractivity contribution in [3.05, 3.63) is 0 Å². The van der Waals surface area contributed by atoms with E-state index in [9.17, 15) is 97.1 Å². The molecule has 3 aliphatic heterocycles. The lowest BCUT2D eigenvalue weighted by Crippen LogP contribution is -2.66. The quantitative estimate of drug-likeness (QED) is 0.0338. The van der Waals surface area contributed by atoms with Gasteiger partial charge in [-0.05, 0) is 65.2 Å². The smallest absolute Gasteiger partial charge is 0.308 e. The summed E-state index contributed by atoms with van der Waals surface area (Å²) in [6, 6.07) is -19.0. The Hall–Kier alpha value is -9.05. The van der Waals surface area contributed by atoms with Crippen LogP contribution in [0.4, 0.5) is 0 Å². The van der Waals surface area contributed by atoms with Crippen LogP contribution in [0.3, 0.4) is 0 Å². The molecule has 12 unspecified atom stereocenters. The van der Waals surface area contributed by atoms with Gasteiger partial charge in [0.2, 0.25) is 76.8 Å². The average Bonchev–Trinajstić information content (AvgIpc) is 1.18. The molecule has 35 heteroatoms. The van der Waals surface area contributed by atoms with E-state index in [0.717, 1.165) is 48.8 Å². The Bertz CT molecular complexity index is 2840. The molecule has 0 spiro atoms. The van der Waals surface area contributed by atoms with Gasteiger partial charge in [0, 0.05) is 32.5 Å². The number of amides is 13. The minimum absolute atomic E-state index is 0.00877. The second-order valence-corrected chi connectivity index (χ2v) is 25.5. The maximum Gasteiger partial charge on any atom is 0.308 e. The maximum absolute atomic E-state index is 15.3. The number of carbonyl (C=O) groups is 17. The van der Waals surface area contributed by atoms with E-state index in [-0.39, 0.29) is 64.6 Å². The predicted octanol–water partition coefficient (Wildman–Crippen LogP) is -2.75. The first kappa shape index (κ1) is 83.2. The highest BCUT2D eigenvalue weighted by Gasteiger charge is 2.45. The molecule has 12 atom stereocenters. The molecule has 0 aromatic heterocycles. The molecule has 0 aliphatic carbocycles. The molecule has 550 valence electrons.